The molecule has 0 atom stereocenters. The van der Waals surface area contributed by atoms with Gasteiger partial charge in [0.15, 0.2) is 5.01 Å². The SMILES string of the molecule is COCC1(C(=O)Nc2nnc(C(F)F)s2)CCNCC1.Cl. The summed E-state index contributed by atoms with van der Waals surface area (Å²) >= 11 is 0.689. The fourth-order valence-electron chi connectivity index (χ4n) is 2.22. The van der Waals surface area contributed by atoms with Gasteiger partial charge in [-0.25, -0.2) is 8.78 Å². The Labute approximate surface area is 131 Å². The number of rotatable bonds is 5. The van der Waals surface area contributed by atoms with Gasteiger partial charge in [0, 0.05) is 7.11 Å². The number of amides is 1. The molecule has 6 nitrogen and oxygen atoms in total. The standard InChI is InChI=1S/C11H16F2N4O2S.ClH/c1-19-6-11(2-4-14-5-3-11)9(18)15-10-17-16-8(20-10)7(12)13;/h7,14H,2-6H2,1H3,(H,15,17,18);1H. The lowest BCUT2D eigenvalue weighted by Gasteiger charge is -2.35. The van der Waals surface area contributed by atoms with Crippen molar-refractivity contribution in [1.29, 1.82) is 0 Å². The molecule has 1 fully saturated rings. The number of piperidine rings is 1. The first-order valence-electron chi connectivity index (χ1n) is 6.20. The molecule has 0 aliphatic carbocycles. The topological polar surface area (TPSA) is 76.1 Å². The Hall–Kier alpha value is -0.900. The van der Waals surface area contributed by atoms with Gasteiger partial charge in [0.1, 0.15) is 0 Å². The summed E-state index contributed by atoms with van der Waals surface area (Å²) in [7, 11) is 1.54. The van der Waals surface area contributed by atoms with E-state index in [4.69, 9.17) is 4.74 Å². The minimum Gasteiger partial charge on any atom is -0.384 e. The van der Waals surface area contributed by atoms with Crippen molar-refractivity contribution >= 4 is 34.8 Å². The molecule has 120 valence electrons. The van der Waals surface area contributed by atoms with Crippen LogP contribution in [0.1, 0.15) is 24.3 Å². The third kappa shape index (κ3) is 4.29. The molecule has 1 aliphatic heterocycles. The molecule has 1 aromatic heterocycles. The molecule has 1 aromatic rings. The first-order chi connectivity index (χ1) is 9.57. The second-order valence-electron chi connectivity index (χ2n) is 4.66. The number of ether oxygens (including phenoxy) is 1. The van der Waals surface area contributed by atoms with Crippen molar-refractivity contribution in [2.24, 2.45) is 5.41 Å². The van der Waals surface area contributed by atoms with Crippen LogP contribution in [-0.2, 0) is 9.53 Å². The van der Waals surface area contributed by atoms with E-state index in [0.717, 1.165) is 13.1 Å². The Morgan fingerprint density at radius 1 is 1.48 bits per heavy atom. The van der Waals surface area contributed by atoms with Crippen molar-refractivity contribution in [1.82, 2.24) is 15.5 Å². The highest BCUT2D eigenvalue weighted by Gasteiger charge is 2.40. The van der Waals surface area contributed by atoms with E-state index in [2.05, 4.69) is 20.8 Å². The van der Waals surface area contributed by atoms with Crippen LogP contribution in [0.5, 0.6) is 0 Å². The molecule has 10 heteroatoms. The van der Waals surface area contributed by atoms with Crippen LogP contribution in [-0.4, -0.2) is 42.9 Å². The zero-order valence-corrected chi connectivity index (χ0v) is 13.0. The second kappa shape index (κ2) is 7.92. The molecular formula is C11H17ClF2N4O2S. The van der Waals surface area contributed by atoms with Gasteiger partial charge in [-0.15, -0.1) is 22.6 Å². The first kappa shape index (κ1) is 18.1. The van der Waals surface area contributed by atoms with Gasteiger partial charge in [-0.05, 0) is 25.9 Å². The number of nitrogens with one attached hydrogen (secondary N) is 2. The van der Waals surface area contributed by atoms with Gasteiger partial charge < -0.3 is 10.1 Å². The molecule has 2 rings (SSSR count). The maximum atomic E-state index is 12.4. The number of carbonyl (C=O) groups excluding carboxylic acids is 1. The van der Waals surface area contributed by atoms with Gasteiger partial charge in [-0.1, -0.05) is 11.3 Å². The molecule has 21 heavy (non-hydrogen) atoms. The van der Waals surface area contributed by atoms with E-state index < -0.39 is 16.8 Å². The van der Waals surface area contributed by atoms with Crippen LogP contribution in [0.4, 0.5) is 13.9 Å². The van der Waals surface area contributed by atoms with E-state index in [1.165, 1.54) is 7.11 Å². The smallest absolute Gasteiger partial charge is 0.291 e. The number of methoxy groups -OCH3 is 1. The lowest BCUT2D eigenvalue weighted by Crippen LogP contribution is -2.47. The average molecular weight is 343 g/mol. The van der Waals surface area contributed by atoms with Crippen molar-refractivity contribution in [2.45, 2.75) is 19.3 Å². The molecule has 0 saturated carbocycles. The van der Waals surface area contributed by atoms with E-state index in [1.54, 1.807) is 0 Å². The van der Waals surface area contributed by atoms with Gasteiger partial charge in [0.05, 0.1) is 12.0 Å². The maximum Gasteiger partial charge on any atom is 0.291 e. The van der Waals surface area contributed by atoms with Gasteiger partial charge in [-0.2, -0.15) is 0 Å². The summed E-state index contributed by atoms with van der Waals surface area (Å²) < 4.78 is 30.0. The van der Waals surface area contributed by atoms with Crippen LogP contribution < -0.4 is 10.6 Å². The van der Waals surface area contributed by atoms with E-state index in [-0.39, 0.29) is 23.4 Å². The lowest BCUT2D eigenvalue weighted by atomic mass is 9.79. The Kier molecular flexibility index (Phi) is 6.85. The van der Waals surface area contributed by atoms with Crippen molar-refractivity contribution in [3.8, 4) is 0 Å². The Balaban J connectivity index is 0.00000220. The number of alkyl halides is 2. The Bertz CT molecular complexity index is 463. The van der Waals surface area contributed by atoms with Crippen molar-refractivity contribution in [3.05, 3.63) is 5.01 Å². The fraction of sp³-hybridized carbons (Fsp3) is 0.727. The second-order valence-corrected chi connectivity index (χ2v) is 5.67. The molecule has 0 bridgehead atoms. The van der Waals surface area contributed by atoms with Gasteiger partial charge in [0.2, 0.25) is 11.0 Å². The highest BCUT2D eigenvalue weighted by Crippen LogP contribution is 2.32. The number of halogens is 3. The molecule has 1 aliphatic rings. The number of carbonyl (C=O) groups is 1. The maximum absolute atomic E-state index is 12.4. The lowest BCUT2D eigenvalue weighted by molar-refractivity contribution is -0.130. The molecule has 2 heterocycles. The van der Waals surface area contributed by atoms with E-state index in [1.807, 2.05) is 0 Å². The van der Waals surface area contributed by atoms with Gasteiger partial charge in [0.25, 0.3) is 6.43 Å². The summed E-state index contributed by atoms with van der Waals surface area (Å²) in [5.74, 6) is -0.252. The number of hydrogen-bond donors (Lipinski definition) is 2. The molecule has 1 amide bonds. The van der Waals surface area contributed by atoms with Crippen molar-refractivity contribution in [3.63, 3.8) is 0 Å². The molecule has 1 saturated heterocycles. The minimum absolute atomic E-state index is 0. The molecular weight excluding hydrogens is 326 g/mol. The third-order valence-electron chi connectivity index (χ3n) is 3.31. The van der Waals surface area contributed by atoms with Crippen LogP contribution >= 0.6 is 23.7 Å². The summed E-state index contributed by atoms with van der Waals surface area (Å²) in [6.45, 7) is 1.73. The zero-order chi connectivity index (χ0) is 14.6. The predicted molar refractivity (Wildman–Crippen MR) is 77.2 cm³/mol. The van der Waals surface area contributed by atoms with Gasteiger partial charge >= 0.3 is 0 Å². The quantitative estimate of drug-likeness (QED) is 0.854. The average Bonchev–Trinajstić information content (AvgIpc) is 2.89. The largest absolute Gasteiger partial charge is 0.384 e. The minimum atomic E-state index is -2.68. The van der Waals surface area contributed by atoms with Crippen LogP contribution in [0.15, 0.2) is 0 Å². The number of aromatic nitrogens is 2. The monoisotopic (exact) mass is 342 g/mol. The third-order valence-corrected chi connectivity index (χ3v) is 4.16. The summed E-state index contributed by atoms with van der Waals surface area (Å²) in [6, 6.07) is 0. The molecule has 2 N–H and O–H groups in total. The Morgan fingerprint density at radius 3 is 2.67 bits per heavy atom. The highest BCUT2D eigenvalue weighted by molar-refractivity contribution is 7.15. The fourth-order valence-corrected chi connectivity index (χ4v) is 2.82. The molecule has 0 aromatic carbocycles. The van der Waals surface area contributed by atoms with E-state index >= 15 is 0 Å². The molecule has 0 unspecified atom stereocenters. The van der Waals surface area contributed by atoms with Crippen LogP contribution in [0.3, 0.4) is 0 Å². The summed E-state index contributed by atoms with van der Waals surface area (Å²) in [4.78, 5) is 12.4. The van der Waals surface area contributed by atoms with Crippen LogP contribution in [0.2, 0.25) is 0 Å². The summed E-state index contributed by atoms with van der Waals surface area (Å²) in [6.07, 6.45) is -1.41. The Morgan fingerprint density at radius 2 is 2.14 bits per heavy atom. The zero-order valence-electron chi connectivity index (χ0n) is 11.4. The predicted octanol–water partition coefficient (Wildman–Crippen LogP) is 1.85. The molecule has 0 radical (unpaired) electrons. The van der Waals surface area contributed by atoms with Gasteiger partial charge in [-0.3, -0.25) is 10.1 Å². The summed E-state index contributed by atoms with van der Waals surface area (Å²) in [5.41, 5.74) is -0.642. The number of hydrogen-bond acceptors (Lipinski definition) is 6. The molecule has 0 spiro atoms. The van der Waals surface area contributed by atoms with Crippen LogP contribution in [0, 0.1) is 5.41 Å². The number of nitrogens with zero attached hydrogens (tertiary/aromatic N) is 2. The number of anilines is 1. The van der Waals surface area contributed by atoms with Crippen LogP contribution in [0.25, 0.3) is 0 Å². The van der Waals surface area contributed by atoms with Crippen molar-refractivity contribution < 1.29 is 18.3 Å². The van der Waals surface area contributed by atoms with E-state index in [9.17, 15) is 13.6 Å². The van der Waals surface area contributed by atoms with E-state index in [0.29, 0.717) is 30.8 Å². The highest BCUT2D eigenvalue weighted by atomic mass is 35.5. The van der Waals surface area contributed by atoms with Crippen molar-refractivity contribution in [2.75, 3.05) is 32.1 Å². The first-order valence-corrected chi connectivity index (χ1v) is 7.02. The summed E-state index contributed by atoms with van der Waals surface area (Å²) in [5, 5.41) is 12.4. The normalized spacial score (nSPS) is 17.3.